The van der Waals surface area contributed by atoms with Crippen molar-refractivity contribution in [2.24, 2.45) is 0 Å². The van der Waals surface area contributed by atoms with Crippen LogP contribution in [0.4, 0.5) is 0 Å². The van der Waals surface area contributed by atoms with Gasteiger partial charge in [0.2, 0.25) is 0 Å². The van der Waals surface area contributed by atoms with E-state index >= 15 is 0 Å². The molecule has 0 unspecified atom stereocenters. The average molecular weight is 199 g/mol. The van der Waals surface area contributed by atoms with Gasteiger partial charge in [0.15, 0.2) is 5.69 Å². The lowest BCUT2D eigenvalue weighted by Crippen LogP contribution is -1.93. The highest BCUT2D eigenvalue weighted by molar-refractivity contribution is 8.09. The van der Waals surface area contributed by atoms with E-state index in [1.54, 1.807) is 4.68 Å². The van der Waals surface area contributed by atoms with Gasteiger partial charge in [-0.2, -0.15) is 23.0 Å². The van der Waals surface area contributed by atoms with Crippen molar-refractivity contribution < 1.29 is 0 Å². The third kappa shape index (κ3) is 1.96. The minimum Gasteiger partial charge on any atom is -0.271 e. The molecule has 0 saturated carbocycles. The third-order valence-electron chi connectivity index (χ3n) is 1.38. The number of aromatic nitrogens is 2. The molecule has 0 aliphatic rings. The maximum atomic E-state index is 8.69. The second-order valence-electron chi connectivity index (χ2n) is 2.08. The zero-order valence-corrected chi connectivity index (χ0v) is 8.40. The van der Waals surface area contributed by atoms with Gasteiger partial charge < -0.3 is 0 Å². The van der Waals surface area contributed by atoms with E-state index in [4.69, 9.17) is 5.26 Å². The van der Waals surface area contributed by atoms with Crippen LogP contribution in [-0.4, -0.2) is 14.9 Å². The molecule has 3 nitrogen and oxygen atoms in total. The maximum Gasteiger partial charge on any atom is 0.176 e. The Morgan fingerprint density at radius 1 is 1.83 bits per heavy atom. The van der Waals surface area contributed by atoms with Crippen molar-refractivity contribution in [2.75, 3.05) is 5.08 Å². The second kappa shape index (κ2) is 4.43. The molecule has 5 heteroatoms. The summed E-state index contributed by atoms with van der Waals surface area (Å²) in [6.45, 7) is 2.78. The Morgan fingerprint density at radius 3 is 3.08 bits per heavy atom. The van der Waals surface area contributed by atoms with Crippen molar-refractivity contribution in [3.63, 3.8) is 0 Å². The molecule has 1 rings (SSSR count). The van der Waals surface area contributed by atoms with Crippen LogP contribution >= 0.6 is 24.4 Å². The quantitative estimate of drug-likeness (QED) is 0.458. The van der Waals surface area contributed by atoms with Crippen LogP contribution in [0.25, 0.3) is 0 Å². The van der Waals surface area contributed by atoms with Gasteiger partial charge in [-0.25, -0.2) is 0 Å². The predicted octanol–water partition coefficient (Wildman–Crippen LogP) is 1.75. The summed E-state index contributed by atoms with van der Waals surface area (Å²) in [4.78, 5) is 0.911. The first-order valence-electron chi connectivity index (χ1n) is 3.53. The lowest BCUT2D eigenvalue weighted by atomic mass is 10.5. The zero-order chi connectivity index (χ0) is 8.97. The maximum absolute atomic E-state index is 8.69. The van der Waals surface area contributed by atoms with Crippen LogP contribution < -0.4 is 0 Å². The van der Waals surface area contributed by atoms with Gasteiger partial charge >= 0.3 is 0 Å². The number of aryl methyl sites for hydroxylation is 1. The summed E-state index contributed by atoms with van der Waals surface area (Å²) in [6.07, 6.45) is 1.87. The van der Waals surface area contributed by atoms with E-state index in [1.807, 2.05) is 19.2 Å². The second-order valence-corrected chi connectivity index (χ2v) is 3.84. The number of rotatable bonds is 3. The number of thioether (sulfide) groups is 1. The van der Waals surface area contributed by atoms with Gasteiger partial charge in [-0.15, -0.1) is 11.8 Å². The lowest BCUT2D eigenvalue weighted by Gasteiger charge is -1.90. The first kappa shape index (κ1) is 9.49. The molecule has 0 aromatic carbocycles. The summed E-state index contributed by atoms with van der Waals surface area (Å²) in [5, 5.41) is 13.4. The van der Waals surface area contributed by atoms with Gasteiger partial charge in [0.05, 0.1) is 4.90 Å². The fraction of sp³-hybridized carbons (Fsp3) is 0.429. The molecule has 0 spiro atoms. The summed E-state index contributed by atoms with van der Waals surface area (Å²) in [7, 11) is 0. The normalized spacial score (nSPS) is 9.75. The Bertz CT molecular complexity index is 300. The Kier molecular flexibility index (Phi) is 3.50. The van der Waals surface area contributed by atoms with E-state index in [1.165, 1.54) is 11.8 Å². The van der Waals surface area contributed by atoms with Crippen molar-refractivity contribution in [1.29, 1.82) is 5.26 Å². The van der Waals surface area contributed by atoms with E-state index in [0.29, 0.717) is 10.8 Å². The van der Waals surface area contributed by atoms with Crippen LogP contribution in [0, 0.1) is 11.3 Å². The standard InChI is InChI=1S/C7H9N3S2/c1-2-10-4-7(12-5-11)6(3-8)9-10/h4,11H,2,5H2,1H3. The zero-order valence-electron chi connectivity index (χ0n) is 6.69. The number of hydrogen-bond acceptors (Lipinski definition) is 4. The van der Waals surface area contributed by atoms with Crippen LogP contribution in [0.1, 0.15) is 12.6 Å². The highest BCUT2D eigenvalue weighted by Gasteiger charge is 2.06. The molecule has 0 bridgehead atoms. The third-order valence-corrected chi connectivity index (χ3v) is 2.50. The molecule has 0 aliphatic heterocycles. The predicted molar refractivity (Wildman–Crippen MR) is 52.3 cm³/mol. The molecule has 0 amide bonds. The average Bonchev–Trinajstić information content (AvgIpc) is 2.48. The van der Waals surface area contributed by atoms with Crippen LogP contribution in [0.2, 0.25) is 0 Å². The van der Waals surface area contributed by atoms with E-state index in [9.17, 15) is 0 Å². The molecular weight excluding hydrogens is 190 g/mol. The van der Waals surface area contributed by atoms with Crippen LogP contribution in [0.5, 0.6) is 0 Å². The fourth-order valence-electron chi connectivity index (χ4n) is 0.818. The van der Waals surface area contributed by atoms with Crippen LogP contribution in [-0.2, 0) is 6.54 Å². The van der Waals surface area contributed by atoms with Gasteiger partial charge in [-0.1, -0.05) is 0 Å². The van der Waals surface area contributed by atoms with Crippen LogP contribution in [0.15, 0.2) is 11.1 Å². The summed E-state index contributed by atoms with van der Waals surface area (Å²) < 4.78 is 1.75. The Balaban J connectivity index is 2.93. The molecule has 1 aromatic rings. The summed E-state index contributed by atoms with van der Waals surface area (Å²) in [5.74, 6) is 0. The number of hydrogen-bond donors (Lipinski definition) is 1. The van der Waals surface area contributed by atoms with Gasteiger partial charge in [0.25, 0.3) is 0 Å². The van der Waals surface area contributed by atoms with Crippen LogP contribution in [0.3, 0.4) is 0 Å². The molecule has 64 valence electrons. The molecule has 0 atom stereocenters. The molecule has 0 aliphatic carbocycles. The van der Waals surface area contributed by atoms with E-state index in [0.717, 1.165) is 11.4 Å². The first-order valence-corrected chi connectivity index (χ1v) is 5.14. The molecule has 1 aromatic heterocycles. The molecule has 0 fully saturated rings. The van der Waals surface area contributed by atoms with Gasteiger partial charge in [-0.3, -0.25) is 4.68 Å². The van der Waals surface area contributed by atoms with Crippen molar-refractivity contribution >= 4 is 24.4 Å². The van der Waals surface area contributed by atoms with E-state index in [-0.39, 0.29) is 0 Å². The van der Waals surface area contributed by atoms with E-state index in [2.05, 4.69) is 17.7 Å². The van der Waals surface area contributed by atoms with Crippen molar-refractivity contribution in [3.8, 4) is 6.07 Å². The summed E-state index contributed by atoms with van der Waals surface area (Å²) in [5.41, 5.74) is 0.496. The monoisotopic (exact) mass is 199 g/mol. The highest BCUT2D eigenvalue weighted by atomic mass is 32.2. The van der Waals surface area contributed by atoms with Crippen molar-refractivity contribution in [1.82, 2.24) is 9.78 Å². The Morgan fingerprint density at radius 2 is 2.58 bits per heavy atom. The Hall–Kier alpha value is -0.600. The minimum atomic E-state index is 0.496. The molecule has 0 radical (unpaired) electrons. The Labute approximate surface area is 81.2 Å². The lowest BCUT2D eigenvalue weighted by molar-refractivity contribution is 0.656. The van der Waals surface area contributed by atoms with Crippen molar-refractivity contribution in [2.45, 2.75) is 18.4 Å². The van der Waals surface area contributed by atoms with Gasteiger partial charge in [0.1, 0.15) is 6.07 Å². The molecule has 0 N–H and O–H groups in total. The fourth-order valence-corrected chi connectivity index (χ4v) is 1.79. The molecule has 0 saturated heterocycles. The number of nitrogens with zero attached hydrogens (tertiary/aromatic N) is 3. The van der Waals surface area contributed by atoms with E-state index < -0.39 is 0 Å². The molecule has 12 heavy (non-hydrogen) atoms. The molecular formula is C7H9N3S2. The van der Waals surface area contributed by atoms with Gasteiger partial charge in [-0.05, 0) is 6.92 Å². The summed E-state index contributed by atoms with van der Waals surface area (Å²) in [6, 6.07) is 2.05. The smallest absolute Gasteiger partial charge is 0.176 e. The highest BCUT2D eigenvalue weighted by Crippen LogP contribution is 2.21. The van der Waals surface area contributed by atoms with Crippen molar-refractivity contribution in [3.05, 3.63) is 11.9 Å². The topological polar surface area (TPSA) is 41.6 Å². The SMILES string of the molecule is CCn1cc(SCS)c(C#N)n1. The molecule has 1 heterocycles. The first-order chi connectivity index (χ1) is 5.81. The minimum absolute atomic E-state index is 0.496. The number of nitriles is 1. The summed E-state index contributed by atoms with van der Waals surface area (Å²) >= 11 is 5.59. The largest absolute Gasteiger partial charge is 0.271 e. The number of thiol groups is 1. The van der Waals surface area contributed by atoms with Gasteiger partial charge in [0, 0.05) is 17.8 Å².